The molecular formula is C15H30N2. The van der Waals surface area contributed by atoms with E-state index in [-0.39, 0.29) is 5.54 Å². The van der Waals surface area contributed by atoms with E-state index in [0.717, 1.165) is 18.4 Å². The molecule has 17 heavy (non-hydrogen) atoms. The van der Waals surface area contributed by atoms with Crippen LogP contribution >= 0.6 is 0 Å². The van der Waals surface area contributed by atoms with Crippen molar-refractivity contribution in [2.45, 2.75) is 58.9 Å². The molecule has 1 aliphatic heterocycles. The quantitative estimate of drug-likeness (QED) is 0.801. The summed E-state index contributed by atoms with van der Waals surface area (Å²) < 4.78 is 0. The van der Waals surface area contributed by atoms with Gasteiger partial charge in [-0.15, -0.1) is 0 Å². The zero-order chi connectivity index (χ0) is 12.7. The molecule has 3 atom stereocenters. The van der Waals surface area contributed by atoms with Gasteiger partial charge in [0, 0.05) is 25.2 Å². The van der Waals surface area contributed by atoms with Crippen molar-refractivity contribution in [3.05, 3.63) is 0 Å². The molecule has 2 N–H and O–H groups in total. The summed E-state index contributed by atoms with van der Waals surface area (Å²) in [7, 11) is 0. The fourth-order valence-electron chi connectivity index (χ4n) is 4.13. The zero-order valence-corrected chi connectivity index (χ0v) is 12.1. The second-order valence-electron chi connectivity index (χ2n) is 7.19. The minimum Gasteiger partial charge on any atom is -0.329 e. The Morgan fingerprint density at radius 3 is 2.06 bits per heavy atom. The molecule has 1 saturated carbocycles. The fraction of sp³-hybridized carbons (Fsp3) is 1.00. The predicted molar refractivity (Wildman–Crippen MR) is 73.9 cm³/mol. The number of nitrogens with zero attached hydrogens (tertiary/aromatic N) is 1. The van der Waals surface area contributed by atoms with E-state index in [0.29, 0.717) is 5.41 Å². The molecule has 1 heterocycles. The number of likely N-dealkylation sites (tertiary alicyclic amines) is 1. The Hall–Kier alpha value is -0.0800. The Kier molecular flexibility index (Phi) is 3.57. The molecule has 2 nitrogen and oxygen atoms in total. The van der Waals surface area contributed by atoms with Gasteiger partial charge >= 0.3 is 0 Å². The van der Waals surface area contributed by atoms with Gasteiger partial charge in [0.05, 0.1) is 0 Å². The molecule has 100 valence electrons. The first-order valence-corrected chi connectivity index (χ1v) is 7.38. The third-order valence-corrected chi connectivity index (χ3v) is 5.83. The highest BCUT2D eigenvalue weighted by Crippen LogP contribution is 2.48. The maximum absolute atomic E-state index is 6.24. The molecule has 3 unspecified atom stereocenters. The van der Waals surface area contributed by atoms with Crippen LogP contribution in [-0.4, -0.2) is 30.1 Å². The number of rotatable bonds is 2. The van der Waals surface area contributed by atoms with Crippen molar-refractivity contribution in [2.75, 3.05) is 19.6 Å². The Labute approximate surface area is 107 Å². The SMILES string of the molecule is CC1CN(C2(CN)CCCCC2(C)C)CC1C. The van der Waals surface area contributed by atoms with Crippen molar-refractivity contribution in [1.29, 1.82) is 0 Å². The van der Waals surface area contributed by atoms with Gasteiger partial charge in [0.25, 0.3) is 0 Å². The van der Waals surface area contributed by atoms with Crippen LogP contribution in [0.2, 0.25) is 0 Å². The van der Waals surface area contributed by atoms with Gasteiger partial charge in [0.1, 0.15) is 0 Å². The van der Waals surface area contributed by atoms with Gasteiger partial charge in [-0.2, -0.15) is 0 Å². The average molecular weight is 238 g/mol. The van der Waals surface area contributed by atoms with E-state index < -0.39 is 0 Å². The van der Waals surface area contributed by atoms with E-state index in [1.165, 1.54) is 38.8 Å². The molecule has 0 radical (unpaired) electrons. The summed E-state index contributed by atoms with van der Waals surface area (Å²) in [6.45, 7) is 13.0. The molecule has 0 amide bonds. The van der Waals surface area contributed by atoms with Crippen LogP contribution < -0.4 is 5.73 Å². The highest BCUT2D eigenvalue weighted by Gasteiger charge is 2.51. The molecule has 0 spiro atoms. The molecule has 2 aliphatic rings. The van der Waals surface area contributed by atoms with Gasteiger partial charge in [-0.1, -0.05) is 40.5 Å². The zero-order valence-electron chi connectivity index (χ0n) is 12.1. The molecule has 0 bridgehead atoms. The van der Waals surface area contributed by atoms with Gasteiger partial charge in [0.15, 0.2) is 0 Å². The molecule has 0 aromatic rings. The minimum atomic E-state index is 0.268. The van der Waals surface area contributed by atoms with Crippen LogP contribution in [0.1, 0.15) is 53.4 Å². The third-order valence-electron chi connectivity index (χ3n) is 5.83. The van der Waals surface area contributed by atoms with Gasteiger partial charge in [-0.05, 0) is 30.1 Å². The molecule has 0 aromatic heterocycles. The highest BCUT2D eigenvalue weighted by molar-refractivity contribution is 5.07. The van der Waals surface area contributed by atoms with Crippen molar-refractivity contribution in [2.24, 2.45) is 23.0 Å². The molecule has 0 aromatic carbocycles. The standard InChI is InChI=1S/C15H30N2/c1-12-9-17(10-13(12)2)15(11-16)8-6-5-7-14(15,3)4/h12-13H,5-11,16H2,1-4H3. The maximum atomic E-state index is 6.24. The van der Waals surface area contributed by atoms with Crippen LogP contribution in [0.3, 0.4) is 0 Å². The molecule has 2 heteroatoms. The molecular weight excluding hydrogens is 208 g/mol. The van der Waals surface area contributed by atoms with Crippen LogP contribution in [0.15, 0.2) is 0 Å². The van der Waals surface area contributed by atoms with Crippen molar-refractivity contribution < 1.29 is 0 Å². The first-order valence-electron chi connectivity index (χ1n) is 7.38. The second kappa shape index (κ2) is 4.55. The normalized spacial score (nSPS) is 42.9. The Morgan fingerprint density at radius 1 is 1.06 bits per heavy atom. The van der Waals surface area contributed by atoms with E-state index in [1.807, 2.05) is 0 Å². The summed E-state index contributed by atoms with van der Waals surface area (Å²) in [6, 6.07) is 0. The topological polar surface area (TPSA) is 29.3 Å². The summed E-state index contributed by atoms with van der Waals surface area (Å²) in [5.41, 5.74) is 6.89. The maximum Gasteiger partial charge on any atom is 0.0382 e. The summed E-state index contributed by atoms with van der Waals surface area (Å²) in [6.07, 6.45) is 5.38. The molecule has 1 aliphatic carbocycles. The van der Waals surface area contributed by atoms with Crippen LogP contribution in [0.4, 0.5) is 0 Å². The molecule has 1 saturated heterocycles. The first-order chi connectivity index (χ1) is 7.93. The van der Waals surface area contributed by atoms with Crippen LogP contribution in [0, 0.1) is 17.3 Å². The first kappa shape index (κ1) is 13.4. The predicted octanol–water partition coefficient (Wildman–Crippen LogP) is 2.87. The third kappa shape index (κ3) is 2.04. The van der Waals surface area contributed by atoms with E-state index >= 15 is 0 Å². The summed E-state index contributed by atoms with van der Waals surface area (Å²) >= 11 is 0. The highest BCUT2D eigenvalue weighted by atomic mass is 15.2. The van der Waals surface area contributed by atoms with Crippen LogP contribution in [0.5, 0.6) is 0 Å². The van der Waals surface area contributed by atoms with Crippen LogP contribution in [-0.2, 0) is 0 Å². The number of hydrogen-bond donors (Lipinski definition) is 1. The Balaban J connectivity index is 2.24. The molecule has 2 rings (SSSR count). The number of nitrogens with two attached hydrogens (primary N) is 1. The lowest BCUT2D eigenvalue weighted by molar-refractivity contribution is -0.0333. The van der Waals surface area contributed by atoms with Gasteiger partial charge < -0.3 is 5.73 Å². The van der Waals surface area contributed by atoms with Crippen molar-refractivity contribution in [1.82, 2.24) is 4.90 Å². The summed E-state index contributed by atoms with van der Waals surface area (Å²) in [4.78, 5) is 2.74. The van der Waals surface area contributed by atoms with E-state index in [9.17, 15) is 0 Å². The van der Waals surface area contributed by atoms with Crippen LogP contribution in [0.25, 0.3) is 0 Å². The van der Waals surface area contributed by atoms with Gasteiger partial charge in [0.2, 0.25) is 0 Å². The average Bonchev–Trinajstić information content (AvgIpc) is 2.59. The molecule has 2 fully saturated rings. The monoisotopic (exact) mass is 238 g/mol. The Bertz CT molecular complexity index is 264. The second-order valence-corrected chi connectivity index (χ2v) is 7.19. The lowest BCUT2D eigenvalue weighted by Gasteiger charge is -2.55. The van der Waals surface area contributed by atoms with Crippen molar-refractivity contribution >= 4 is 0 Å². The summed E-state index contributed by atoms with van der Waals surface area (Å²) in [5, 5.41) is 0. The lowest BCUT2D eigenvalue weighted by Crippen LogP contribution is -2.63. The van der Waals surface area contributed by atoms with Crippen molar-refractivity contribution in [3.63, 3.8) is 0 Å². The van der Waals surface area contributed by atoms with E-state index in [4.69, 9.17) is 5.73 Å². The van der Waals surface area contributed by atoms with E-state index in [2.05, 4.69) is 32.6 Å². The van der Waals surface area contributed by atoms with E-state index in [1.54, 1.807) is 0 Å². The largest absolute Gasteiger partial charge is 0.329 e. The van der Waals surface area contributed by atoms with Gasteiger partial charge in [-0.3, -0.25) is 4.90 Å². The van der Waals surface area contributed by atoms with Crippen molar-refractivity contribution in [3.8, 4) is 0 Å². The van der Waals surface area contributed by atoms with Gasteiger partial charge in [-0.25, -0.2) is 0 Å². The Morgan fingerprint density at radius 2 is 1.59 bits per heavy atom. The summed E-state index contributed by atoms with van der Waals surface area (Å²) in [5.74, 6) is 1.66. The lowest BCUT2D eigenvalue weighted by atomic mass is 9.62. The minimum absolute atomic E-state index is 0.268. The fourth-order valence-corrected chi connectivity index (χ4v) is 4.13. The number of hydrogen-bond acceptors (Lipinski definition) is 2. The smallest absolute Gasteiger partial charge is 0.0382 e.